The monoisotopic (exact) mass is 350 g/mol. The zero-order chi connectivity index (χ0) is 16.9. The fourth-order valence-corrected chi connectivity index (χ4v) is 4.87. The van der Waals surface area contributed by atoms with Crippen LogP contribution in [0.15, 0.2) is 5.16 Å². The third-order valence-electron chi connectivity index (χ3n) is 5.49. The Labute approximate surface area is 149 Å². The maximum atomic E-state index is 12.3. The van der Waals surface area contributed by atoms with E-state index in [9.17, 15) is 4.79 Å². The Morgan fingerprint density at radius 2 is 1.83 bits per heavy atom. The fraction of sp³-hybridized carbons (Fsp3) is 0.833. The van der Waals surface area contributed by atoms with Gasteiger partial charge in [-0.05, 0) is 51.4 Å². The zero-order valence-corrected chi connectivity index (χ0v) is 15.8. The highest BCUT2D eigenvalue weighted by Crippen LogP contribution is 2.32. The van der Waals surface area contributed by atoms with Gasteiger partial charge in [0.25, 0.3) is 0 Å². The number of nitrogens with one attached hydrogen (secondary N) is 1. The van der Waals surface area contributed by atoms with E-state index in [-0.39, 0.29) is 5.91 Å². The van der Waals surface area contributed by atoms with Gasteiger partial charge in [-0.3, -0.25) is 4.79 Å². The van der Waals surface area contributed by atoms with Gasteiger partial charge in [-0.25, -0.2) is 0 Å². The number of carbonyl (C=O) groups excluding carboxylic acids is 1. The molecule has 3 rings (SSSR count). The Morgan fingerprint density at radius 1 is 1.12 bits per heavy atom. The van der Waals surface area contributed by atoms with Crippen molar-refractivity contribution in [1.82, 2.24) is 20.1 Å². The molecule has 2 fully saturated rings. The first-order valence-corrected chi connectivity index (χ1v) is 10.5. The van der Waals surface area contributed by atoms with E-state index in [4.69, 9.17) is 0 Å². The van der Waals surface area contributed by atoms with Crippen LogP contribution in [0.2, 0.25) is 0 Å². The lowest BCUT2D eigenvalue weighted by molar-refractivity contribution is -0.119. The molecule has 0 atom stereocenters. The highest BCUT2D eigenvalue weighted by Gasteiger charge is 2.23. The van der Waals surface area contributed by atoms with Crippen molar-refractivity contribution in [3.63, 3.8) is 0 Å². The minimum atomic E-state index is 0.135. The van der Waals surface area contributed by atoms with Gasteiger partial charge in [0.1, 0.15) is 5.82 Å². The number of hydrogen-bond donors (Lipinski definition) is 1. The third kappa shape index (κ3) is 4.52. The van der Waals surface area contributed by atoms with Gasteiger partial charge in [-0.1, -0.05) is 37.9 Å². The van der Waals surface area contributed by atoms with Gasteiger partial charge >= 0.3 is 0 Å². The summed E-state index contributed by atoms with van der Waals surface area (Å²) in [6.07, 6.45) is 11.0. The summed E-state index contributed by atoms with van der Waals surface area (Å²) in [5.41, 5.74) is 0. The van der Waals surface area contributed by atoms with Crippen molar-refractivity contribution in [2.24, 2.45) is 5.92 Å². The number of rotatable bonds is 5. The van der Waals surface area contributed by atoms with Gasteiger partial charge in [0.05, 0.1) is 5.75 Å². The second-order valence-corrected chi connectivity index (χ2v) is 8.45. The van der Waals surface area contributed by atoms with Crippen LogP contribution < -0.4 is 5.32 Å². The van der Waals surface area contributed by atoms with E-state index in [1.54, 1.807) is 0 Å². The average Bonchev–Trinajstić information content (AvgIpc) is 2.96. The molecular weight excluding hydrogens is 320 g/mol. The van der Waals surface area contributed by atoms with Gasteiger partial charge in [-0.2, -0.15) is 0 Å². The van der Waals surface area contributed by atoms with Crippen LogP contribution in [-0.4, -0.2) is 32.5 Å². The van der Waals surface area contributed by atoms with Crippen LogP contribution in [0, 0.1) is 12.8 Å². The summed E-state index contributed by atoms with van der Waals surface area (Å²) >= 11 is 1.54. The molecule has 1 heterocycles. The van der Waals surface area contributed by atoms with Crippen LogP contribution in [0.5, 0.6) is 0 Å². The molecule has 2 aliphatic rings. The number of aryl methyl sites for hydroxylation is 1. The van der Waals surface area contributed by atoms with E-state index in [1.807, 2.05) is 6.92 Å². The van der Waals surface area contributed by atoms with Crippen molar-refractivity contribution < 1.29 is 4.79 Å². The normalized spacial score (nSPS) is 25.6. The summed E-state index contributed by atoms with van der Waals surface area (Å²) in [5, 5.41) is 12.7. The third-order valence-corrected chi connectivity index (χ3v) is 6.43. The maximum Gasteiger partial charge on any atom is 0.230 e. The Bertz CT molecular complexity index is 545. The SMILES string of the molecule is Cc1nnc(SCC(=O)NC2CCC(C)CC2)n1C1CCCCC1. The van der Waals surface area contributed by atoms with Gasteiger partial charge < -0.3 is 9.88 Å². The van der Waals surface area contributed by atoms with Crippen LogP contribution in [0.1, 0.15) is 76.6 Å². The summed E-state index contributed by atoms with van der Waals surface area (Å²) in [6.45, 7) is 4.32. The second kappa shape index (κ2) is 8.37. The molecule has 1 N–H and O–H groups in total. The molecule has 0 saturated heterocycles. The maximum absolute atomic E-state index is 12.3. The summed E-state index contributed by atoms with van der Waals surface area (Å²) < 4.78 is 2.26. The molecule has 0 radical (unpaired) electrons. The second-order valence-electron chi connectivity index (χ2n) is 7.50. The Kier molecular flexibility index (Phi) is 6.19. The molecule has 24 heavy (non-hydrogen) atoms. The highest BCUT2D eigenvalue weighted by molar-refractivity contribution is 7.99. The van der Waals surface area contributed by atoms with Gasteiger partial charge in [0, 0.05) is 12.1 Å². The first-order chi connectivity index (χ1) is 11.6. The van der Waals surface area contributed by atoms with Crippen molar-refractivity contribution in [2.45, 2.75) is 88.9 Å². The van der Waals surface area contributed by atoms with Crippen molar-refractivity contribution in [3.8, 4) is 0 Å². The Hall–Kier alpha value is -1.04. The van der Waals surface area contributed by atoms with E-state index in [0.717, 1.165) is 29.7 Å². The van der Waals surface area contributed by atoms with E-state index in [1.165, 1.54) is 56.7 Å². The molecule has 1 aromatic rings. The molecule has 5 nitrogen and oxygen atoms in total. The molecule has 134 valence electrons. The molecule has 2 saturated carbocycles. The predicted octanol–water partition coefficient (Wildman–Crippen LogP) is 3.88. The van der Waals surface area contributed by atoms with Crippen molar-refractivity contribution in [3.05, 3.63) is 5.82 Å². The minimum Gasteiger partial charge on any atom is -0.353 e. The van der Waals surface area contributed by atoms with E-state index < -0.39 is 0 Å². The van der Waals surface area contributed by atoms with Gasteiger partial charge in [-0.15, -0.1) is 10.2 Å². The van der Waals surface area contributed by atoms with Crippen molar-refractivity contribution >= 4 is 17.7 Å². The number of hydrogen-bond acceptors (Lipinski definition) is 4. The van der Waals surface area contributed by atoms with E-state index in [2.05, 4.69) is 27.0 Å². The Balaban J connectivity index is 1.52. The zero-order valence-electron chi connectivity index (χ0n) is 15.0. The Morgan fingerprint density at radius 3 is 2.54 bits per heavy atom. The standard InChI is InChI=1S/C18H30N4OS/c1-13-8-10-15(11-9-13)19-17(23)12-24-18-21-20-14(2)22(18)16-6-4-3-5-7-16/h13,15-16H,3-12H2,1-2H3,(H,19,23). The molecular formula is C18H30N4OS. The number of nitrogens with zero attached hydrogens (tertiary/aromatic N) is 3. The first-order valence-electron chi connectivity index (χ1n) is 9.47. The molecule has 2 aliphatic carbocycles. The predicted molar refractivity (Wildman–Crippen MR) is 97.2 cm³/mol. The topological polar surface area (TPSA) is 59.8 Å². The quantitative estimate of drug-likeness (QED) is 0.819. The van der Waals surface area contributed by atoms with Gasteiger partial charge in [0.2, 0.25) is 5.91 Å². The van der Waals surface area contributed by atoms with Crippen molar-refractivity contribution in [2.75, 3.05) is 5.75 Å². The molecule has 1 aromatic heterocycles. The molecule has 6 heteroatoms. The van der Waals surface area contributed by atoms with Crippen LogP contribution in [0.25, 0.3) is 0 Å². The van der Waals surface area contributed by atoms with E-state index in [0.29, 0.717) is 17.8 Å². The summed E-state index contributed by atoms with van der Waals surface area (Å²) in [6, 6.07) is 0.881. The summed E-state index contributed by atoms with van der Waals surface area (Å²) in [7, 11) is 0. The van der Waals surface area contributed by atoms with Crippen molar-refractivity contribution in [1.29, 1.82) is 0 Å². The largest absolute Gasteiger partial charge is 0.353 e. The first kappa shape index (κ1) is 17.8. The van der Waals surface area contributed by atoms with E-state index >= 15 is 0 Å². The molecule has 0 aromatic carbocycles. The minimum absolute atomic E-state index is 0.135. The van der Waals surface area contributed by atoms with Crippen LogP contribution in [0.4, 0.5) is 0 Å². The van der Waals surface area contributed by atoms with Crippen LogP contribution in [0.3, 0.4) is 0 Å². The lowest BCUT2D eigenvalue weighted by atomic mass is 9.87. The summed E-state index contributed by atoms with van der Waals surface area (Å²) in [5.74, 6) is 2.36. The lowest BCUT2D eigenvalue weighted by Gasteiger charge is -2.27. The van der Waals surface area contributed by atoms with Crippen LogP contribution >= 0.6 is 11.8 Å². The van der Waals surface area contributed by atoms with Gasteiger partial charge in [0.15, 0.2) is 5.16 Å². The highest BCUT2D eigenvalue weighted by atomic mass is 32.2. The van der Waals surface area contributed by atoms with Crippen LogP contribution in [-0.2, 0) is 4.79 Å². The number of carbonyl (C=O) groups is 1. The number of aromatic nitrogens is 3. The smallest absolute Gasteiger partial charge is 0.230 e. The molecule has 0 spiro atoms. The average molecular weight is 351 g/mol. The molecule has 0 aliphatic heterocycles. The number of thioether (sulfide) groups is 1. The molecule has 0 bridgehead atoms. The molecule has 0 unspecified atom stereocenters. The fourth-order valence-electron chi connectivity index (χ4n) is 4.01. The summed E-state index contributed by atoms with van der Waals surface area (Å²) in [4.78, 5) is 12.3. The number of amides is 1. The molecule has 1 amide bonds. The lowest BCUT2D eigenvalue weighted by Crippen LogP contribution is -2.38.